The van der Waals surface area contributed by atoms with E-state index in [1.807, 2.05) is 6.92 Å². The molecule has 1 aliphatic rings. The fraction of sp³-hybridized carbons (Fsp3) is 0.464. The predicted molar refractivity (Wildman–Crippen MR) is 135 cm³/mol. The topological polar surface area (TPSA) is 61.8 Å². The molecular formula is C28H33F4N3O2. The minimum Gasteiger partial charge on any atom is -0.355 e. The minimum absolute atomic E-state index is 0.0394. The Bertz CT molecular complexity index is 1200. The number of amides is 2. The van der Waals surface area contributed by atoms with Crippen LogP contribution in [0.2, 0.25) is 0 Å². The SMILES string of the molecule is CCC1(CCCC(C)(C)C)N=C(c2cccc(C(F)(F)F)c2)C(=O)N1Cc1ccc(C(=O)NC)cc1F. The molecule has 37 heavy (non-hydrogen) atoms. The van der Waals surface area contributed by atoms with E-state index in [0.29, 0.717) is 12.8 Å². The molecule has 200 valence electrons. The maximum Gasteiger partial charge on any atom is 0.416 e. The number of halogens is 4. The molecule has 1 heterocycles. The number of carbonyl (C=O) groups excluding carboxylic acids is 2. The number of aliphatic imine (C=N–C) groups is 1. The number of benzene rings is 2. The monoisotopic (exact) mass is 519 g/mol. The van der Waals surface area contributed by atoms with E-state index < -0.39 is 35.0 Å². The molecule has 1 unspecified atom stereocenters. The van der Waals surface area contributed by atoms with Crippen molar-refractivity contribution in [3.05, 3.63) is 70.5 Å². The normalized spacial score (nSPS) is 18.2. The van der Waals surface area contributed by atoms with Crippen LogP contribution in [-0.4, -0.2) is 35.1 Å². The van der Waals surface area contributed by atoms with Crippen molar-refractivity contribution in [1.29, 1.82) is 0 Å². The zero-order chi connectivity index (χ0) is 27.6. The van der Waals surface area contributed by atoms with Gasteiger partial charge in [-0.05, 0) is 55.4 Å². The van der Waals surface area contributed by atoms with Gasteiger partial charge < -0.3 is 10.2 Å². The van der Waals surface area contributed by atoms with Gasteiger partial charge in [0.1, 0.15) is 17.2 Å². The van der Waals surface area contributed by atoms with Crippen LogP contribution < -0.4 is 5.32 Å². The van der Waals surface area contributed by atoms with Crippen LogP contribution in [0.5, 0.6) is 0 Å². The highest BCUT2D eigenvalue weighted by Crippen LogP contribution is 2.38. The molecular weight excluding hydrogens is 486 g/mol. The van der Waals surface area contributed by atoms with Gasteiger partial charge in [0.25, 0.3) is 11.8 Å². The van der Waals surface area contributed by atoms with E-state index in [0.717, 1.165) is 31.0 Å². The summed E-state index contributed by atoms with van der Waals surface area (Å²) in [6.07, 6.45) is -2.11. The van der Waals surface area contributed by atoms with E-state index in [1.54, 1.807) is 0 Å². The molecule has 3 rings (SSSR count). The average Bonchev–Trinajstić information content (AvgIpc) is 3.10. The maximum atomic E-state index is 15.0. The molecule has 0 spiro atoms. The molecule has 5 nitrogen and oxygen atoms in total. The van der Waals surface area contributed by atoms with Crippen molar-refractivity contribution in [3.63, 3.8) is 0 Å². The third-order valence-corrected chi connectivity index (χ3v) is 6.67. The predicted octanol–water partition coefficient (Wildman–Crippen LogP) is 6.36. The van der Waals surface area contributed by atoms with Crippen LogP contribution in [0.15, 0.2) is 47.5 Å². The number of nitrogens with one attached hydrogen (secondary N) is 1. The maximum absolute atomic E-state index is 15.0. The fourth-order valence-electron chi connectivity index (χ4n) is 4.55. The smallest absolute Gasteiger partial charge is 0.355 e. The van der Waals surface area contributed by atoms with Gasteiger partial charge in [-0.3, -0.25) is 14.6 Å². The van der Waals surface area contributed by atoms with Gasteiger partial charge in [0.2, 0.25) is 0 Å². The summed E-state index contributed by atoms with van der Waals surface area (Å²) in [4.78, 5) is 31.7. The molecule has 1 atom stereocenters. The summed E-state index contributed by atoms with van der Waals surface area (Å²) in [5.41, 5.74) is -1.52. The Hall–Kier alpha value is -3.23. The highest BCUT2D eigenvalue weighted by molar-refractivity contribution is 6.46. The van der Waals surface area contributed by atoms with E-state index in [4.69, 9.17) is 4.99 Å². The van der Waals surface area contributed by atoms with Gasteiger partial charge in [-0.2, -0.15) is 13.2 Å². The first-order chi connectivity index (χ1) is 17.2. The number of nitrogens with zero attached hydrogens (tertiary/aromatic N) is 2. The lowest BCUT2D eigenvalue weighted by Gasteiger charge is -2.36. The summed E-state index contributed by atoms with van der Waals surface area (Å²) >= 11 is 0. The highest BCUT2D eigenvalue weighted by Gasteiger charge is 2.46. The third kappa shape index (κ3) is 6.37. The Labute approximate surface area is 215 Å². The van der Waals surface area contributed by atoms with Crippen LogP contribution in [0, 0.1) is 11.2 Å². The number of alkyl halides is 3. The highest BCUT2D eigenvalue weighted by atomic mass is 19.4. The van der Waals surface area contributed by atoms with Gasteiger partial charge in [0.05, 0.1) is 12.1 Å². The second kappa shape index (κ2) is 10.6. The number of hydrogen-bond acceptors (Lipinski definition) is 3. The summed E-state index contributed by atoms with van der Waals surface area (Å²) in [5.74, 6) is -1.64. The van der Waals surface area contributed by atoms with Crippen LogP contribution in [-0.2, 0) is 17.5 Å². The molecule has 9 heteroatoms. The zero-order valence-corrected chi connectivity index (χ0v) is 21.8. The molecule has 0 fully saturated rings. The number of hydrogen-bond donors (Lipinski definition) is 1. The van der Waals surface area contributed by atoms with Crippen molar-refractivity contribution < 1.29 is 27.2 Å². The van der Waals surface area contributed by atoms with Crippen molar-refractivity contribution in [2.75, 3.05) is 7.05 Å². The van der Waals surface area contributed by atoms with Crippen LogP contribution in [0.4, 0.5) is 17.6 Å². The van der Waals surface area contributed by atoms with Crippen LogP contribution in [0.25, 0.3) is 0 Å². The second-order valence-electron chi connectivity index (χ2n) is 10.6. The van der Waals surface area contributed by atoms with Gasteiger partial charge in [-0.1, -0.05) is 45.9 Å². The van der Waals surface area contributed by atoms with Crippen LogP contribution in [0.1, 0.15) is 80.4 Å². The molecule has 0 aliphatic carbocycles. The number of carbonyl (C=O) groups is 2. The van der Waals surface area contributed by atoms with E-state index in [9.17, 15) is 22.8 Å². The summed E-state index contributed by atoms with van der Waals surface area (Å²) < 4.78 is 55.1. The zero-order valence-electron chi connectivity index (χ0n) is 21.8. The van der Waals surface area contributed by atoms with Crippen molar-refractivity contribution in [2.45, 2.75) is 71.8 Å². The first-order valence-electron chi connectivity index (χ1n) is 12.3. The average molecular weight is 520 g/mol. The van der Waals surface area contributed by atoms with Gasteiger partial charge in [-0.25, -0.2) is 4.39 Å². The van der Waals surface area contributed by atoms with Gasteiger partial charge >= 0.3 is 6.18 Å². The second-order valence-corrected chi connectivity index (χ2v) is 10.6. The van der Waals surface area contributed by atoms with E-state index in [-0.39, 0.29) is 34.4 Å². The quantitative estimate of drug-likeness (QED) is 0.413. The van der Waals surface area contributed by atoms with Gasteiger partial charge in [0.15, 0.2) is 0 Å². The lowest BCUT2D eigenvalue weighted by molar-refractivity contribution is -0.137. The molecule has 0 aromatic heterocycles. The van der Waals surface area contributed by atoms with E-state index >= 15 is 4.39 Å². The lowest BCUT2D eigenvalue weighted by Crippen LogP contribution is -2.46. The lowest BCUT2D eigenvalue weighted by atomic mass is 9.87. The molecule has 0 bridgehead atoms. The first kappa shape index (κ1) is 28.3. The van der Waals surface area contributed by atoms with Crippen molar-refractivity contribution in [1.82, 2.24) is 10.2 Å². The molecule has 0 saturated heterocycles. The molecule has 0 radical (unpaired) electrons. The molecule has 2 aromatic carbocycles. The number of rotatable bonds is 8. The molecule has 0 saturated carbocycles. The summed E-state index contributed by atoms with van der Waals surface area (Å²) in [5, 5.41) is 2.44. The standard InChI is InChI=1S/C28H33F4N3O2/c1-6-27(14-8-13-26(2,3)4)34-23(18-9-7-10-21(15-18)28(30,31)32)25(37)35(27)17-20-12-11-19(16-22(20)29)24(36)33-5/h7,9-12,15-16H,6,8,13-14,17H2,1-5H3,(H,33,36). The summed E-state index contributed by atoms with van der Waals surface area (Å²) in [6.45, 7) is 8.03. The Morgan fingerprint density at radius 3 is 2.38 bits per heavy atom. The van der Waals surface area contributed by atoms with Gasteiger partial charge in [0, 0.05) is 23.7 Å². The largest absolute Gasteiger partial charge is 0.416 e. The van der Waals surface area contributed by atoms with E-state index in [2.05, 4.69) is 26.1 Å². The first-order valence-corrected chi connectivity index (χ1v) is 12.3. The fourth-order valence-corrected chi connectivity index (χ4v) is 4.55. The Morgan fingerprint density at radius 1 is 1.11 bits per heavy atom. The molecule has 2 aromatic rings. The van der Waals surface area contributed by atoms with Crippen molar-refractivity contribution in [3.8, 4) is 0 Å². The molecule has 1 N–H and O–H groups in total. The molecule has 1 aliphatic heterocycles. The third-order valence-electron chi connectivity index (χ3n) is 6.67. The van der Waals surface area contributed by atoms with E-state index in [1.165, 1.54) is 36.2 Å². The Morgan fingerprint density at radius 2 is 1.81 bits per heavy atom. The van der Waals surface area contributed by atoms with Crippen LogP contribution in [0.3, 0.4) is 0 Å². The van der Waals surface area contributed by atoms with Crippen LogP contribution >= 0.6 is 0 Å². The summed E-state index contributed by atoms with van der Waals surface area (Å²) in [6, 6.07) is 8.58. The minimum atomic E-state index is -4.57. The summed E-state index contributed by atoms with van der Waals surface area (Å²) in [7, 11) is 1.44. The Kier molecular flexibility index (Phi) is 8.15. The molecule has 2 amide bonds. The van der Waals surface area contributed by atoms with Crippen molar-refractivity contribution >= 4 is 17.5 Å². The Balaban J connectivity index is 2.03. The van der Waals surface area contributed by atoms with Gasteiger partial charge in [-0.15, -0.1) is 0 Å². The van der Waals surface area contributed by atoms with Crippen molar-refractivity contribution in [2.24, 2.45) is 10.4 Å².